The molecule has 0 heterocycles. The number of hydrogen-bond acceptors (Lipinski definition) is 4. The first-order valence-electron chi connectivity index (χ1n) is 10.8. The quantitative estimate of drug-likeness (QED) is 0.252. The van der Waals surface area contributed by atoms with Gasteiger partial charge in [0.05, 0.1) is 7.11 Å². The van der Waals surface area contributed by atoms with E-state index in [9.17, 15) is 14.7 Å². The molecule has 26 heavy (non-hydrogen) atoms. The van der Waals surface area contributed by atoms with Crippen LogP contribution >= 0.6 is 0 Å². The van der Waals surface area contributed by atoms with Crippen LogP contribution in [-0.2, 0) is 14.3 Å². The third kappa shape index (κ3) is 14.3. The average Bonchev–Trinajstić information content (AvgIpc) is 2.63. The van der Waals surface area contributed by atoms with Gasteiger partial charge in [-0.3, -0.25) is 9.59 Å². The summed E-state index contributed by atoms with van der Waals surface area (Å²) >= 11 is 0. The summed E-state index contributed by atoms with van der Waals surface area (Å²) in [5.41, 5.74) is 0. The zero-order chi connectivity index (χ0) is 19.6. The van der Waals surface area contributed by atoms with E-state index in [-0.39, 0.29) is 17.7 Å². The molecule has 0 aliphatic heterocycles. The lowest BCUT2D eigenvalue weighted by Gasteiger charge is -2.17. The third-order valence-corrected chi connectivity index (χ3v) is 5.13. The summed E-state index contributed by atoms with van der Waals surface area (Å²) in [6.07, 6.45) is 15.3. The van der Waals surface area contributed by atoms with Crippen molar-refractivity contribution in [1.82, 2.24) is 0 Å². The van der Waals surface area contributed by atoms with Crippen molar-refractivity contribution in [1.29, 1.82) is 0 Å². The molecule has 0 saturated carbocycles. The van der Waals surface area contributed by atoms with E-state index in [1.54, 1.807) is 6.92 Å². The normalized spacial score (nSPS) is 13.4. The molecular weight excluding hydrogens is 328 g/mol. The van der Waals surface area contributed by atoms with Gasteiger partial charge >= 0.3 is 5.97 Å². The maximum absolute atomic E-state index is 12.2. The number of ether oxygens (including phenoxy) is 1. The summed E-state index contributed by atoms with van der Waals surface area (Å²) in [5, 5.41) is 9.65. The highest BCUT2D eigenvalue weighted by atomic mass is 16.5. The fourth-order valence-corrected chi connectivity index (χ4v) is 3.41. The van der Waals surface area contributed by atoms with Crippen LogP contribution in [0.5, 0.6) is 0 Å². The minimum atomic E-state index is -0.843. The van der Waals surface area contributed by atoms with Gasteiger partial charge in [0, 0.05) is 12.3 Å². The van der Waals surface area contributed by atoms with Crippen LogP contribution in [0.25, 0.3) is 0 Å². The zero-order valence-corrected chi connectivity index (χ0v) is 17.4. The number of hydrogen-bond donors (Lipinski definition) is 1. The van der Waals surface area contributed by atoms with Crippen molar-refractivity contribution in [3.05, 3.63) is 0 Å². The number of methoxy groups -OCH3 is 1. The highest BCUT2D eigenvalue weighted by molar-refractivity contribution is 5.84. The smallest absolute Gasteiger partial charge is 0.305 e. The first-order valence-corrected chi connectivity index (χ1v) is 10.8. The van der Waals surface area contributed by atoms with E-state index < -0.39 is 6.10 Å². The molecule has 154 valence electrons. The van der Waals surface area contributed by atoms with Crippen LogP contribution < -0.4 is 0 Å². The standard InChI is InChI=1S/C22H42O4/c1-4-5-6-7-8-10-13-16-20(22(25)19(2)23)17-14-11-9-12-15-18-21(24)26-3/h19-20,23H,4-18H2,1-3H3. The Hall–Kier alpha value is -0.900. The van der Waals surface area contributed by atoms with Gasteiger partial charge in [-0.2, -0.15) is 0 Å². The molecule has 0 aromatic rings. The Bertz CT molecular complexity index is 352. The highest BCUT2D eigenvalue weighted by Crippen LogP contribution is 2.21. The van der Waals surface area contributed by atoms with Gasteiger partial charge in [0.1, 0.15) is 6.10 Å². The molecule has 0 aliphatic rings. The molecule has 0 fully saturated rings. The predicted octanol–water partition coefficient (Wildman–Crippen LogP) is 5.60. The van der Waals surface area contributed by atoms with E-state index in [4.69, 9.17) is 0 Å². The molecule has 0 rings (SSSR count). The summed E-state index contributed by atoms with van der Waals surface area (Å²) in [4.78, 5) is 23.3. The molecule has 0 aromatic heterocycles. The summed E-state index contributed by atoms with van der Waals surface area (Å²) < 4.78 is 4.63. The zero-order valence-electron chi connectivity index (χ0n) is 17.4. The van der Waals surface area contributed by atoms with Crippen molar-refractivity contribution in [2.75, 3.05) is 7.11 Å². The molecule has 0 radical (unpaired) electrons. The maximum atomic E-state index is 12.2. The van der Waals surface area contributed by atoms with Crippen LogP contribution in [0.15, 0.2) is 0 Å². The van der Waals surface area contributed by atoms with Crippen LogP contribution in [-0.4, -0.2) is 30.1 Å². The average molecular weight is 371 g/mol. The predicted molar refractivity (Wildman–Crippen MR) is 107 cm³/mol. The van der Waals surface area contributed by atoms with E-state index in [0.717, 1.165) is 51.4 Å². The summed E-state index contributed by atoms with van der Waals surface area (Å²) in [6, 6.07) is 0. The van der Waals surface area contributed by atoms with Crippen LogP contribution in [0.3, 0.4) is 0 Å². The van der Waals surface area contributed by atoms with Gasteiger partial charge in [-0.15, -0.1) is 0 Å². The second-order valence-electron chi connectivity index (χ2n) is 7.57. The monoisotopic (exact) mass is 370 g/mol. The van der Waals surface area contributed by atoms with Crippen molar-refractivity contribution in [3.8, 4) is 0 Å². The molecule has 1 N–H and O–H groups in total. The number of unbranched alkanes of at least 4 members (excludes halogenated alkanes) is 10. The first-order chi connectivity index (χ1) is 12.5. The molecule has 0 aromatic carbocycles. The van der Waals surface area contributed by atoms with Crippen LogP contribution in [0.1, 0.15) is 110 Å². The SMILES string of the molecule is CCCCCCCCCC(CCCCCCCC(=O)OC)C(=O)C(C)O. The maximum Gasteiger partial charge on any atom is 0.305 e. The number of aliphatic hydroxyl groups is 1. The molecule has 4 heteroatoms. The minimum Gasteiger partial charge on any atom is -0.469 e. The fourth-order valence-electron chi connectivity index (χ4n) is 3.41. The molecule has 0 spiro atoms. The second-order valence-corrected chi connectivity index (χ2v) is 7.57. The van der Waals surface area contributed by atoms with Crippen molar-refractivity contribution < 1.29 is 19.4 Å². The summed E-state index contributed by atoms with van der Waals surface area (Å²) in [5.74, 6) is -0.107. The van der Waals surface area contributed by atoms with E-state index in [1.165, 1.54) is 45.6 Å². The number of carbonyl (C=O) groups excluding carboxylic acids is 2. The van der Waals surface area contributed by atoms with E-state index in [1.807, 2.05) is 0 Å². The molecule has 0 amide bonds. The molecule has 0 saturated heterocycles. The van der Waals surface area contributed by atoms with E-state index >= 15 is 0 Å². The lowest BCUT2D eigenvalue weighted by atomic mass is 9.88. The number of ketones is 1. The molecule has 4 nitrogen and oxygen atoms in total. The second kappa shape index (κ2) is 17.5. The first kappa shape index (κ1) is 25.1. The van der Waals surface area contributed by atoms with Crippen molar-refractivity contribution >= 4 is 11.8 Å². The van der Waals surface area contributed by atoms with Crippen LogP contribution in [0, 0.1) is 5.92 Å². The van der Waals surface area contributed by atoms with Crippen molar-refractivity contribution in [2.24, 2.45) is 5.92 Å². The fraction of sp³-hybridized carbons (Fsp3) is 0.909. The van der Waals surface area contributed by atoms with Gasteiger partial charge in [0.2, 0.25) is 0 Å². The number of esters is 1. The molecule has 2 atom stereocenters. The van der Waals surface area contributed by atoms with Crippen LogP contribution in [0.4, 0.5) is 0 Å². The Kier molecular flexibility index (Phi) is 16.9. The van der Waals surface area contributed by atoms with Gasteiger partial charge in [-0.05, 0) is 26.2 Å². The number of rotatable bonds is 18. The summed E-state index contributed by atoms with van der Waals surface area (Å²) in [6.45, 7) is 3.82. The largest absolute Gasteiger partial charge is 0.469 e. The van der Waals surface area contributed by atoms with Gasteiger partial charge in [0.25, 0.3) is 0 Å². The third-order valence-electron chi connectivity index (χ3n) is 5.13. The van der Waals surface area contributed by atoms with E-state index in [2.05, 4.69) is 11.7 Å². The van der Waals surface area contributed by atoms with Gasteiger partial charge < -0.3 is 9.84 Å². The van der Waals surface area contributed by atoms with E-state index in [0.29, 0.717) is 6.42 Å². The Morgan fingerprint density at radius 2 is 1.27 bits per heavy atom. The Morgan fingerprint density at radius 1 is 0.808 bits per heavy atom. The number of Topliss-reactive ketones (excluding diaryl/α,β-unsaturated/α-hetero) is 1. The Labute approximate surface area is 161 Å². The number of carbonyl (C=O) groups is 2. The molecular formula is C22H42O4. The van der Waals surface area contributed by atoms with Gasteiger partial charge in [-0.1, -0.05) is 77.6 Å². The van der Waals surface area contributed by atoms with Gasteiger partial charge in [-0.25, -0.2) is 0 Å². The lowest BCUT2D eigenvalue weighted by molar-refractivity contribution is -0.140. The Balaban J connectivity index is 3.87. The highest BCUT2D eigenvalue weighted by Gasteiger charge is 2.21. The molecule has 2 unspecified atom stereocenters. The number of aliphatic hydroxyl groups excluding tert-OH is 1. The molecule has 0 aliphatic carbocycles. The molecule has 0 bridgehead atoms. The van der Waals surface area contributed by atoms with Gasteiger partial charge in [0.15, 0.2) is 5.78 Å². The Morgan fingerprint density at radius 3 is 1.73 bits per heavy atom. The van der Waals surface area contributed by atoms with Crippen molar-refractivity contribution in [3.63, 3.8) is 0 Å². The minimum absolute atomic E-state index is 0.0145. The van der Waals surface area contributed by atoms with Crippen molar-refractivity contribution in [2.45, 2.75) is 116 Å². The lowest BCUT2D eigenvalue weighted by Crippen LogP contribution is -2.25. The topological polar surface area (TPSA) is 63.6 Å². The summed E-state index contributed by atoms with van der Waals surface area (Å²) in [7, 11) is 1.42. The van der Waals surface area contributed by atoms with Crippen LogP contribution in [0.2, 0.25) is 0 Å².